The molecule has 1 amide bonds. The van der Waals surface area contributed by atoms with E-state index in [1.807, 2.05) is 13.8 Å². The minimum atomic E-state index is -0.801. The second-order valence-electron chi connectivity index (χ2n) is 6.01. The van der Waals surface area contributed by atoms with Crippen molar-refractivity contribution < 1.29 is 33.4 Å². The number of ether oxygens (including phenoxy) is 3. The van der Waals surface area contributed by atoms with Gasteiger partial charge in [0, 0.05) is 6.08 Å². The molecule has 0 saturated carbocycles. The molecule has 8 heteroatoms. The number of nitrogens with one attached hydrogen (secondary N) is 1. The zero-order chi connectivity index (χ0) is 21.1. The highest BCUT2D eigenvalue weighted by atomic mass is 16.5. The van der Waals surface area contributed by atoms with Crippen LogP contribution in [0.3, 0.4) is 0 Å². The fourth-order valence-electron chi connectivity index (χ4n) is 2.21. The fourth-order valence-corrected chi connectivity index (χ4v) is 2.21. The lowest BCUT2D eigenvalue weighted by Gasteiger charge is -2.21. The van der Waals surface area contributed by atoms with E-state index in [0.29, 0.717) is 17.5 Å². The van der Waals surface area contributed by atoms with Crippen molar-refractivity contribution in [3.8, 4) is 0 Å². The van der Waals surface area contributed by atoms with Crippen molar-refractivity contribution >= 4 is 29.9 Å². The smallest absolute Gasteiger partial charge is 0.337 e. The summed E-state index contributed by atoms with van der Waals surface area (Å²) in [4.78, 5) is 46.8. The standard InChI is InChI=1S/C20H25NO7/c1-5-13(2)18(20(25)27-4)21-16(22)12-28-17(23)11-8-14-6-9-15(10-7-14)19(24)26-3/h6-11,13,18H,5,12H2,1-4H3,(H,21,22)/b11-8+/t13-,18-/m1/s1. The first-order chi connectivity index (χ1) is 13.3. The summed E-state index contributed by atoms with van der Waals surface area (Å²) in [6.45, 7) is 3.17. The van der Waals surface area contributed by atoms with Gasteiger partial charge in [0.05, 0.1) is 19.8 Å². The SMILES string of the molecule is CC[C@@H](C)[C@@H](NC(=O)COC(=O)/C=C/c1ccc(C(=O)OC)cc1)C(=O)OC. The highest BCUT2D eigenvalue weighted by Crippen LogP contribution is 2.09. The number of methoxy groups -OCH3 is 2. The fraction of sp³-hybridized carbons (Fsp3) is 0.400. The molecule has 1 N–H and O–H groups in total. The highest BCUT2D eigenvalue weighted by Gasteiger charge is 2.26. The summed E-state index contributed by atoms with van der Waals surface area (Å²) in [5, 5.41) is 2.51. The summed E-state index contributed by atoms with van der Waals surface area (Å²) in [5.41, 5.74) is 1.05. The lowest BCUT2D eigenvalue weighted by Crippen LogP contribution is -2.47. The number of carbonyl (C=O) groups is 4. The Morgan fingerprint density at radius 2 is 1.71 bits per heavy atom. The van der Waals surface area contributed by atoms with Crippen molar-refractivity contribution in [3.05, 3.63) is 41.5 Å². The first-order valence-electron chi connectivity index (χ1n) is 8.72. The number of amides is 1. The van der Waals surface area contributed by atoms with E-state index < -0.39 is 36.5 Å². The Hall–Kier alpha value is -3.16. The predicted octanol–water partition coefficient (Wildman–Crippen LogP) is 1.73. The molecule has 1 aromatic carbocycles. The van der Waals surface area contributed by atoms with E-state index in [-0.39, 0.29) is 5.92 Å². The molecule has 0 bridgehead atoms. The Balaban J connectivity index is 2.54. The van der Waals surface area contributed by atoms with Gasteiger partial charge < -0.3 is 19.5 Å². The second kappa shape index (κ2) is 11.5. The lowest BCUT2D eigenvalue weighted by atomic mass is 9.99. The zero-order valence-corrected chi connectivity index (χ0v) is 16.4. The molecule has 28 heavy (non-hydrogen) atoms. The lowest BCUT2D eigenvalue weighted by molar-refractivity contribution is -0.148. The van der Waals surface area contributed by atoms with Gasteiger partial charge in [-0.1, -0.05) is 32.4 Å². The molecule has 2 atom stereocenters. The summed E-state index contributed by atoms with van der Waals surface area (Å²) in [5.74, 6) is -2.45. The molecule has 8 nitrogen and oxygen atoms in total. The van der Waals surface area contributed by atoms with E-state index >= 15 is 0 Å². The summed E-state index contributed by atoms with van der Waals surface area (Å²) in [6.07, 6.45) is 3.31. The number of rotatable bonds is 9. The second-order valence-corrected chi connectivity index (χ2v) is 6.01. The normalized spacial score (nSPS) is 12.7. The third kappa shape index (κ3) is 7.22. The third-order valence-corrected chi connectivity index (χ3v) is 4.07. The summed E-state index contributed by atoms with van der Waals surface area (Å²) >= 11 is 0. The molecule has 0 radical (unpaired) electrons. The quantitative estimate of drug-likeness (QED) is 0.388. The van der Waals surface area contributed by atoms with Crippen LogP contribution < -0.4 is 5.32 Å². The van der Waals surface area contributed by atoms with E-state index in [1.54, 1.807) is 24.3 Å². The van der Waals surface area contributed by atoms with Crippen LogP contribution in [-0.2, 0) is 28.6 Å². The molecule has 0 unspecified atom stereocenters. The van der Waals surface area contributed by atoms with Crippen LogP contribution in [0.25, 0.3) is 6.08 Å². The molecule has 0 aromatic heterocycles. The van der Waals surface area contributed by atoms with Crippen molar-refractivity contribution in [2.45, 2.75) is 26.3 Å². The van der Waals surface area contributed by atoms with Crippen molar-refractivity contribution in [2.24, 2.45) is 5.92 Å². The average Bonchev–Trinajstić information content (AvgIpc) is 2.73. The molecule has 0 aliphatic carbocycles. The van der Waals surface area contributed by atoms with Gasteiger partial charge in [0.1, 0.15) is 6.04 Å². The molecule has 152 valence electrons. The van der Waals surface area contributed by atoms with Crippen LogP contribution in [-0.4, -0.2) is 50.7 Å². The van der Waals surface area contributed by atoms with Gasteiger partial charge in [-0.2, -0.15) is 0 Å². The predicted molar refractivity (Wildman–Crippen MR) is 101 cm³/mol. The Morgan fingerprint density at radius 1 is 1.07 bits per heavy atom. The van der Waals surface area contributed by atoms with Gasteiger partial charge in [0.25, 0.3) is 5.91 Å². The Kier molecular flexibility index (Phi) is 9.42. The molecule has 0 spiro atoms. The molecule has 1 rings (SSSR count). The maximum Gasteiger partial charge on any atom is 0.337 e. The maximum atomic E-state index is 11.9. The van der Waals surface area contributed by atoms with Crippen LogP contribution in [0.15, 0.2) is 30.3 Å². The third-order valence-electron chi connectivity index (χ3n) is 4.07. The minimum Gasteiger partial charge on any atom is -0.467 e. The van der Waals surface area contributed by atoms with Gasteiger partial charge in [-0.25, -0.2) is 14.4 Å². The zero-order valence-electron chi connectivity index (χ0n) is 16.4. The molecule has 0 heterocycles. The minimum absolute atomic E-state index is 0.125. The monoisotopic (exact) mass is 391 g/mol. The number of hydrogen-bond donors (Lipinski definition) is 1. The number of carbonyl (C=O) groups excluding carboxylic acids is 4. The highest BCUT2D eigenvalue weighted by molar-refractivity contribution is 5.91. The van der Waals surface area contributed by atoms with Crippen molar-refractivity contribution in [2.75, 3.05) is 20.8 Å². The van der Waals surface area contributed by atoms with Crippen LogP contribution in [0.1, 0.15) is 36.2 Å². The topological polar surface area (TPSA) is 108 Å². The Bertz CT molecular complexity index is 725. The van der Waals surface area contributed by atoms with Crippen LogP contribution in [0.5, 0.6) is 0 Å². The molecule has 0 aliphatic rings. The van der Waals surface area contributed by atoms with Crippen LogP contribution in [0, 0.1) is 5.92 Å². The number of hydrogen-bond acceptors (Lipinski definition) is 7. The van der Waals surface area contributed by atoms with Gasteiger partial charge in [0.2, 0.25) is 0 Å². The van der Waals surface area contributed by atoms with Gasteiger partial charge in [-0.05, 0) is 29.7 Å². The first-order valence-corrected chi connectivity index (χ1v) is 8.72. The molecular weight excluding hydrogens is 366 g/mol. The van der Waals surface area contributed by atoms with Crippen LogP contribution >= 0.6 is 0 Å². The van der Waals surface area contributed by atoms with Crippen molar-refractivity contribution in [3.63, 3.8) is 0 Å². The first kappa shape index (κ1) is 22.9. The van der Waals surface area contributed by atoms with E-state index in [0.717, 1.165) is 6.08 Å². The van der Waals surface area contributed by atoms with Gasteiger partial charge in [-0.3, -0.25) is 4.79 Å². The number of esters is 3. The number of benzene rings is 1. The molecule has 0 fully saturated rings. The van der Waals surface area contributed by atoms with Crippen molar-refractivity contribution in [1.82, 2.24) is 5.32 Å². The molecule has 1 aromatic rings. The summed E-state index contributed by atoms with van der Waals surface area (Å²) in [7, 11) is 2.53. The average molecular weight is 391 g/mol. The van der Waals surface area contributed by atoms with Gasteiger partial charge >= 0.3 is 17.9 Å². The van der Waals surface area contributed by atoms with Crippen LogP contribution in [0.4, 0.5) is 0 Å². The van der Waals surface area contributed by atoms with Crippen molar-refractivity contribution in [1.29, 1.82) is 0 Å². The maximum absolute atomic E-state index is 11.9. The van der Waals surface area contributed by atoms with E-state index in [4.69, 9.17) is 4.74 Å². The largest absolute Gasteiger partial charge is 0.467 e. The Morgan fingerprint density at radius 3 is 2.25 bits per heavy atom. The molecular formula is C20H25NO7. The summed E-state index contributed by atoms with van der Waals surface area (Å²) in [6, 6.07) is 5.59. The van der Waals surface area contributed by atoms with Crippen LogP contribution in [0.2, 0.25) is 0 Å². The van der Waals surface area contributed by atoms with Gasteiger partial charge in [-0.15, -0.1) is 0 Å². The summed E-state index contributed by atoms with van der Waals surface area (Å²) < 4.78 is 14.1. The van der Waals surface area contributed by atoms with E-state index in [9.17, 15) is 19.2 Å². The van der Waals surface area contributed by atoms with Gasteiger partial charge in [0.15, 0.2) is 6.61 Å². The molecule has 0 saturated heterocycles. The molecule has 0 aliphatic heterocycles. The van der Waals surface area contributed by atoms with E-state index in [1.165, 1.54) is 20.3 Å². The Labute approximate surface area is 163 Å². The van der Waals surface area contributed by atoms with E-state index in [2.05, 4.69) is 14.8 Å².